The number of nitrogens with zero attached hydrogens (tertiary/aromatic N) is 1. The van der Waals surface area contributed by atoms with Crippen LogP contribution in [0.3, 0.4) is 0 Å². The summed E-state index contributed by atoms with van der Waals surface area (Å²) >= 11 is 0. The van der Waals surface area contributed by atoms with Gasteiger partial charge < -0.3 is 5.32 Å². The summed E-state index contributed by atoms with van der Waals surface area (Å²) in [4.78, 5) is 16.7. The van der Waals surface area contributed by atoms with Crippen molar-refractivity contribution in [1.29, 1.82) is 0 Å². The molecular formula is C19H16F2N2O3S. The molecule has 0 radical (unpaired) electrons. The summed E-state index contributed by atoms with van der Waals surface area (Å²) in [5, 5.41) is 3.03. The summed E-state index contributed by atoms with van der Waals surface area (Å²) in [5.74, 6) is -1.80. The molecular weight excluding hydrogens is 374 g/mol. The highest BCUT2D eigenvalue weighted by molar-refractivity contribution is 7.91. The average molecular weight is 390 g/mol. The van der Waals surface area contributed by atoms with Crippen molar-refractivity contribution >= 4 is 26.6 Å². The van der Waals surface area contributed by atoms with Crippen molar-refractivity contribution in [1.82, 2.24) is 10.3 Å². The molecule has 3 rings (SSSR count). The fraction of sp³-hybridized carbons (Fsp3) is 0.158. The second-order valence-corrected chi connectivity index (χ2v) is 8.11. The van der Waals surface area contributed by atoms with Crippen molar-refractivity contribution < 1.29 is 22.0 Å². The van der Waals surface area contributed by atoms with Gasteiger partial charge in [0.15, 0.2) is 9.84 Å². The number of amides is 1. The average Bonchev–Trinajstić information content (AvgIpc) is 2.60. The Hall–Kier alpha value is -2.87. The molecule has 0 fully saturated rings. The number of rotatable bonds is 5. The largest absolute Gasteiger partial charge is 0.351 e. The highest BCUT2D eigenvalue weighted by atomic mass is 32.2. The predicted molar refractivity (Wildman–Crippen MR) is 97.2 cm³/mol. The smallest absolute Gasteiger partial charge is 0.252 e. The van der Waals surface area contributed by atoms with Crippen molar-refractivity contribution in [2.45, 2.75) is 11.8 Å². The molecule has 0 saturated heterocycles. The van der Waals surface area contributed by atoms with Crippen LogP contribution in [0.4, 0.5) is 8.78 Å². The van der Waals surface area contributed by atoms with Crippen LogP contribution >= 0.6 is 0 Å². The number of carbonyl (C=O) groups is 1. The fourth-order valence-electron chi connectivity index (χ4n) is 2.68. The first-order valence-electron chi connectivity index (χ1n) is 8.10. The molecule has 0 saturated carbocycles. The number of aryl methyl sites for hydroxylation is 1. The number of halogens is 2. The first-order valence-corrected chi connectivity index (χ1v) is 9.75. The van der Waals surface area contributed by atoms with Crippen molar-refractivity contribution in [3.05, 3.63) is 71.4 Å². The zero-order chi connectivity index (χ0) is 19.6. The summed E-state index contributed by atoms with van der Waals surface area (Å²) in [7, 11) is -3.65. The minimum atomic E-state index is -3.65. The van der Waals surface area contributed by atoms with Crippen LogP contribution < -0.4 is 5.32 Å². The van der Waals surface area contributed by atoms with E-state index in [-0.39, 0.29) is 22.8 Å². The van der Waals surface area contributed by atoms with Crippen LogP contribution in [0.15, 0.2) is 53.4 Å². The van der Waals surface area contributed by atoms with E-state index in [4.69, 9.17) is 0 Å². The third-order valence-corrected chi connectivity index (χ3v) is 5.71. The maximum absolute atomic E-state index is 13.4. The fourth-order valence-corrected chi connectivity index (χ4v) is 3.83. The molecule has 0 aliphatic heterocycles. The normalized spacial score (nSPS) is 11.5. The van der Waals surface area contributed by atoms with Gasteiger partial charge in [-0.05, 0) is 49.4 Å². The van der Waals surface area contributed by atoms with E-state index in [1.54, 1.807) is 13.0 Å². The molecule has 1 amide bonds. The number of sulfone groups is 1. The molecule has 0 bridgehead atoms. The van der Waals surface area contributed by atoms with E-state index >= 15 is 0 Å². The molecule has 140 valence electrons. The summed E-state index contributed by atoms with van der Waals surface area (Å²) in [6.07, 6.45) is 0. The maximum atomic E-state index is 13.4. The number of carbonyl (C=O) groups excluding carboxylic acids is 1. The number of pyridine rings is 1. The van der Waals surface area contributed by atoms with Gasteiger partial charge in [0, 0.05) is 23.7 Å². The zero-order valence-electron chi connectivity index (χ0n) is 14.4. The number of benzene rings is 2. The minimum absolute atomic E-state index is 0.0150. The third-order valence-electron chi connectivity index (χ3n) is 3.97. The number of nitrogens with one attached hydrogen (secondary N) is 1. The van der Waals surface area contributed by atoms with Gasteiger partial charge in [-0.15, -0.1) is 0 Å². The van der Waals surface area contributed by atoms with E-state index in [9.17, 15) is 22.0 Å². The molecule has 8 heteroatoms. The van der Waals surface area contributed by atoms with Gasteiger partial charge in [0.2, 0.25) is 0 Å². The van der Waals surface area contributed by atoms with Gasteiger partial charge in [-0.3, -0.25) is 9.78 Å². The van der Waals surface area contributed by atoms with Crippen LogP contribution in [0.1, 0.15) is 16.1 Å². The summed E-state index contributed by atoms with van der Waals surface area (Å²) < 4.78 is 50.8. The molecule has 1 heterocycles. The van der Waals surface area contributed by atoms with E-state index in [2.05, 4.69) is 10.3 Å². The lowest BCUT2D eigenvalue weighted by Gasteiger charge is -2.10. The van der Waals surface area contributed by atoms with Crippen LogP contribution in [-0.2, 0) is 9.84 Å². The molecule has 1 aromatic heterocycles. The second kappa shape index (κ2) is 7.40. The minimum Gasteiger partial charge on any atom is -0.351 e. The number of hydrogen-bond donors (Lipinski definition) is 1. The molecule has 0 atom stereocenters. The maximum Gasteiger partial charge on any atom is 0.252 e. The Morgan fingerprint density at radius 3 is 2.41 bits per heavy atom. The molecule has 27 heavy (non-hydrogen) atoms. The highest BCUT2D eigenvalue weighted by Crippen LogP contribution is 2.19. The van der Waals surface area contributed by atoms with Crippen LogP contribution in [0.5, 0.6) is 0 Å². The lowest BCUT2D eigenvalue weighted by molar-refractivity contribution is 0.0957. The summed E-state index contributed by atoms with van der Waals surface area (Å²) in [6.45, 7) is 1.56. The van der Waals surface area contributed by atoms with E-state index < -0.39 is 27.4 Å². The van der Waals surface area contributed by atoms with Crippen LogP contribution in [0.2, 0.25) is 0 Å². The van der Waals surface area contributed by atoms with Crippen LogP contribution in [-0.4, -0.2) is 31.6 Å². The molecule has 0 unspecified atom stereocenters. The topological polar surface area (TPSA) is 76.1 Å². The number of fused-ring (bicyclic) bond motifs is 1. The van der Waals surface area contributed by atoms with Gasteiger partial charge >= 0.3 is 0 Å². The Kier molecular flexibility index (Phi) is 5.18. The van der Waals surface area contributed by atoms with Gasteiger partial charge in [0.05, 0.1) is 21.7 Å². The highest BCUT2D eigenvalue weighted by Gasteiger charge is 2.17. The molecule has 0 aliphatic rings. The molecule has 1 N–H and O–H groups in total. The Morgan fingerprint density at radius 2 is 1.70 bits per heavy atom. The Balaban J connectivity index is 1.75. The molecule has 5 nitrogen and oxygen atoms in total. The zero-order valence-corrected chi connectivity index (χ0v) is 15.2. The summed E-state index contributed by atoms with van der Waals surface area (Å²) in [6, 6.07) is 9.98. The first-order chi connectivity index (χ1) is 12.8. The number of hydrogen-bond acceptors (Lipinski definition) is 4. The monoisotopic (exact) mass is 390 g/mol. The van der Waals surface area contributed by atoms with Crippen molar-refractivity contribution in [2.75, 3.05) is 12.3 Å². The van der Waals surface area contributed by atoms with Gasteiger partial charge in [0.25, 0.3) is 5.91 Å². The quantitative estimate of drug-likeness (QED) is 0.680. The standard InChI is InChI=1S/C19H16F2N2O3S/c1-12-10-17(16-7-4-14(21)11-18(16)23-12)19(24)22-8-9-27(25,26)15-5-2-13(20)3-6-15/h2-7,10-11H,8-9H2,1H3,(H,22,24). The Labute approximate surface area is 155 Å². The van der Waals surface area contributed by atoms with E-state index in [1.165, 1.54) is 30.3 Å². The van der Waals surface area contributed by atoms with E-state index in [0.717, 1.165) is 12.1 Å². The molecule has 2 aromatic carbocycles. The van der Waals surface area contributed by atoms with Gasteiger partial charge in [-0.25, -0.2) is 17.2 Å². The van der Waals surface area contributed by atoms with Crippen LogP contribution in [0, 0.1) is 18.6 Å². The molecule has 3 aromatic rings. The number of aromatic nitrogens is 1. The van der Waals surface area contributed by atoms with Crippen LogP contribution in [0.25, 0.3) is 10.9 Å². The Bertz CT molecular complexity index is 1110. The van der Waals surface area contributed by atoms with Gasteiger partial charge in [0.1, 0.15) is 11.6 Å². The van der Waals surface area contributed by atoms with E-state index in [1.807, 2.05) is 0 Å². The lowest BCUT2D eigenvalue weighted by atomic mass is 10.1. The molecule has 0 spiro atoms. The first kappa shape index (κ1) is 18.9. The van der Waals surface area contributed by atoms with Gasteiger partial charge in [-0.1, -0.05) is 0 Å². The Morgan fingerprint density at radius 1 is 1.04 bits per heavy atom. The molecule has 0 aliphatic carbocycles. The SMILES string of the molecule is Cc1cc(C(=O)NCCS(=O)(=O)c2ccc(F)cc2)c2ccc(F)cc2n1. The van der Waals surface area contributed by atoms with Gasteiger partial charge in [-0.2, -0.15) is 0 Å². The van der Waals surface area contributed by atoms with Crippen molar-refractivity contribution in [3.63, 3.8) is 0 Å². The van der Waals surface area contributed by atoms with Crippen molar-refractivity contribution in [3.8, 4) is 0 Å². The van der Waals surface area contributed by atoms with E-state index in [0.29, 0.717) is 16.6 Å². The third kappa shape index (κ3) is 4.28. The summed E-state index contributed by atoms with van der Waals surface area (Å²) in [5.41, 5.74) is 1.17. The van der Waals surface area contributed by atoms with Crippen molar-refractivity contribution in [2.24, 2.45) is 0 Å². The lowest BCUT2D eigenvalue weighted by Crippen LogP contribution is -2.29. The second-order valence-electron chi connectivity index (χ2n) is 6.00. The predicted octanol–water partition coefficient (Wildman–Crippen LogP) is 3.03.